The van der Waals surface area contributed by atoms with E-state index in [1.165, 1.54) is 0 Å². The summed E-state index contributed by atoms with van der Waals surface area (Å²) in [4.78, 5) is 4.25. The maximum Gasteiger partial charge on any atom is 0.210 e. The van der Waals surface area contributed by atoms with Gasteiger partial charge in [0.2, 0.25) is 5.89 Å². The first-order chi connectivity index (χ1) is 9.94. The molecule has 5 nitrogen and oxygen atoms in total. The quantitative estimate of drug-likeness (QED) is 0.881. The molecule has 6 heteroatoms. The van der Waals surface area contributed by atoms with Crippen molar-refractivity contribution in [2.24, 2.45) is 5.92 Å². The molecule has 2 aromatic rings. The monoisotopic (exact) mass is 308 g/mol. The number of hydrogen-bond acceptors (Lipinski definition) is 5. The van der Waals surface area contributed by atoms with Crippen LogP contribution in [0.4, 0.5) is 5.69 Å². The minimum Gasteiger partial charge on any atom is -0.440 e. The number of anilines is 1. The standard InChI is InChI=1S/C15H20N2O3S/c1-10-3-2-4-12(7-10)21(18,19)9-15-17-13-6-5-11(16)8-14(13)20-15/h5-6,8,10,12H,2-4,7,9,16H2,1H3. The van der Waals surface area contributed by atoms with Crippen LogP contribution in [0, 0.1) is 5.92 Å². The van der Waals surface area contributed by atoms with Gasteiger partial charge in [0.15, 0.2) is 15.4 Å². The fourth-order valence-electron chi connectivity index (χ4n) is 3.05. The number of nitrogen functional groups attached to an aromatic ring is 1. The van der Waals surface area contributed by atoms with Crippen molar-refractivity contribution in [3.05, 3.63) is 24.1 Å². The molecule has 1 aromatic heterocycles. The van der Waals surface area contributed by atoms with Crippen LogP contribution in [-0.4, -0.2) is 18.7 Å². The van der Waals surface area contributed by atoms with E-state index in [1.54, 1.807) is 18.2 Å². The summed E-state index contributed by atoms with van der Waals surface area (Å²) in [5.74, 6) is 0.606. The zero-order chi connectivity index (χ0) is 15.0. The van der Waals surface area contributed by atoms with Crippen molar-refractivity contribution in [2.45, 2.75) is 43.6 Å². The lowest BCUT2D eigenvalue weighted by atomic mass is 9.91. The zero-order valence-corrected chi connectivity index (χ0v) is 12.9. The van der Waals surface area contributed by atoms with Gasteiger partial charge in [-0.15, -0.1) is 0 Å². The summed E-state index contributed by atoms with van der Waals surface area (Å²) in [6, 6.07) is 5.14. The van der Waals surface area contributed by atoms with Gasteiger partial charge < -0.3 is 10.2 Å². The van der Waals surface area contributed by atoms with Crippen molar-refractivity contribution in [3.63, 3.8) is 0 Å². The third-order valence-electron chi connectivity index (χ3n) is 4.18. The fourth-order valence-corrected chi connectivity index (χ4v) is 4.90. The van der Waals surface area contributed by atoms with E-state index in [0.29, 0.717) is 22.7 Å². The molecule has 1 aromatic carbocycles. The molecule has 114 valence electrons. The highest BCUT2D eigenvalue weighted by atomic mass is 32.2. The Balaban J connectivity index is 1.83. The first kappa shape index (κ1) is 14.4. The normalized spacial score (nSPS) is 23.5. The second kappa shape index (κ2) is 5.33. The number of rotatable bonds is 3. The van der Waals surface area contributed by atoms with Gasteiger partial charge >= 0.3 is 0 Å². The molecule has 0 amide bonds. The molecule has 0 spiro atoms. The van der Waals surface area contributed by atoms with Gasteiger partial charge in [0.1, 0.15) is 11.3 Å². The van der Waals surface area contributed by atoms with Crippen LogP contribution in [0.15, 0.2) is 22.6 Å². The zero-order valence-electron chi connectivity index (χ0n) is 12.1. The van der Waals surface area contributed by atoms with Crippen molar-refractivity contribution in [2.75, 3.05) is 5.73 Å². The molecule has 1 heterocycles. The van der Waals surface area contributed by atoms with Crippen LogP contribution in [0.3, 0.4) is 0 Å². The van der Waals surface area contributed by atoms with Gasteiger partial charge in [0, 0.05) is 11.8 Å². The highest BCUT2D eigenvalue weighted by Gasteiger charge is 2.31. The van der Waals surface area contributed by atoms with E-state index in [0.717, 1.165) is 25.7 Å². The highest BCUT2D eigenvalue weighted by molar-refractivity contribution is 7.91. The SMILES string of the molecule is CC1CCCC(S(=O)(=O)Cc2nc3ccc(N)cc3o2)C1. The lowest BCUT2D eigenvalue weighted by molar-refractivity contribution is 0.381. The molecule has 21 heavy (non-hydrogen) atoms. The summed E-state index contributed by atoms with van der Waals surface area (Å²) in [6.45, 7) is 2.11. The summed E-state index contributed by atoms with van der Waals surface area (Å²) in [6.07, 6.45) is 3.60. The second-order valence-corrected chi connectivity index (χ2v) is 8.32. The van der Waals surface area contributed by atoms with Crippen molar-refractivity contribution in [1.29, 1.82) is 0 Å². The summed E-state index contributed by atoms with van der Waals surface area (Å²) < 4.78 is 30.6. The van der Waals surface area contributed by atoms with E-state index < -0.39 is 9.84 Å². The van der Waals surface area contributed by atoms with Gasteiger partial charge in [-0.25, -0.2) is 13.4 Å². The lowest BCUT2D eigenvalue weighted by Crippen LogP contribution is -2.28. The molecule has 0 radical (unpaired) electrons. The minimum atomic E-state index is -3.21. The molecular formula is C15H20N2O3S. The third-order valence-corrected chi connectivity index (χ3v) is 6.27. The van der Waals surface area contributed by atoms with E-state index in [1.807, 2.05) is 0 Å². The van der Waals surface area contributed by atoms with Crippen molar-refractivity contribution >= 4 is 26.6 Å². The Morgan fingerprint density at radius 2 is 2.19 bits per heavy atom. The van der Waals surface area contributed by atoms with E-state index in [9.17, 15) is 8.42 Å². The Kier molecular flexibility index (Phi) is 3.65. The van der Waals surface area contributed by atoms with Crippen molar-refractivity contribution < 1.29 is 12.8 Å². The minimum absolute atomic E-state index is 0.126. The molecule has 0 bridgehead atoms. The Hall–Kier alpha value is -1.56. The van der Waals surface area contributed by atoms with Crippen LogP contribution in [0.2, 0.25) is 0 Å². The van der Waals surface area contributed by atoms with Crippen LogP contribution in [0.1, 0.15) is 38.5 Å². The molecule has 0 aliphatic heterocycles. The van der Waals surface area contributed by atoms with Crippen molar-refractivity contribution in [1.82, 2.24) is 4.98 Å². The predicted molar refractivity (Wildman–Crippen MR) is 82.5 cm³/mol. The summed E-state index contributed by atoms with van der Waals surface area (Å²) in [7, 11) is -3.21. The molecular weight excluding hydrogens is 288 g/mol. The van der Waals surface area contributed by atoms with Gasteiger partial charge in [-0.05, 0) is 30.9 Å². The fraction of sp³-hybridized carbons (Fsp3) is 0.533. The number of oxazole rings is 1. The van der Waals surface area contributed by atoms with Crippen LogP contribution >= 0.6 is 0 Å². The maximum atomic E-state index is 12.5. The molecule has 1 aliphatic rings. The van der Waals surface area contributed by atoms with Crippen LogP contribution in [0.5, 0.6) is 0 Å². The van der Waals surface area contributed by atoms with Gasteiger partial charge in [-0.3, -0.25) is 0 Å². The maximum absolute atomic E-state index is 12.5. The Bertz CT molecular complexity index is 751. The molecule has 1 aliphatic carbocycles. The molecule has 2 atom stereocenters. The van der Waals surface area contributed by atoms with E-state index >= 15 is 0 Å². The Morgan fingerprint density at radius 1 is 1.38 bits per heavy atom. The van der Waals surface area contributed by atoms with Crippen LogP contribution in [-0.2, 0) is 15.6 Å². The summed E-state index contributed by atoms with van der Waals surface area (Å²) >= 11 is 0. The smallest absolute Gasteiger partial charge is 0.210 e. The van der Waals surface area contributed by atoms with Crippen LogP contribution < -0.4 is 5.73 Å². The number of nitrogens with zero attached hydrogens (tertiary/aromatic N) is 1. The van der Waals surface area contributed by atoms with Crippen LogP contribution in [0.25, 0.3) is 11.1 Å². The highest BCUT2D eigenvalue weighted by Crippen LogP contribution is 2.30. The Morgan fingerprint density at radius 3 is 2.95 bits per heavy atom. The third kappa shape index (κ3) is 3.05. The molecule has 1 saturated carbocycles. The predicted octanol–water partition coefficient (Wildman–Crippen LogP) is 2.90. The number of sulfone groups is 1. The number of benzene rings is 1. The number of nitrogens with two attached hydrogens (primary N) is 1. The average Bonchev–Trinajstić information content (AvgIpc) is 2.79. The second-order valence-electron chi connectivity index (χ2n) is 6.04. The van der Waals surface area contributed by atoms with Crippen molar-refractivity contribution in [3.8, 4) is 0 Å². The number of hydrogen-bond donors (Lipinski definition) is 1. The molecule has 2 unspecified atom stereocenters. The van der Waals surface area contributed by atoms with E-state index in [4.69, 9.17) is 10.2 Å². The molecule has 1 fully saturated rings. The summed E-state index contributed by atoms with van der Waals surface area (Å²) in [5.41, 5.74) is 7.45. The topological polar surface area (TPSA) is 86.2 Å². The van der Waals surface area contributed by atoms with Gasteiger partial charge in [0.05, 0.1) is 5.25 Å². The lowest BCUT2D eigenvalue weighted by Gasteiger charge is -2.25. The largest absolute Gasteiger partial charge is 0.440 e. The van der Waals surface area contributed by atoms with E-state index in [2.05, 4.69) is 11.9 Å². The van der Waals surface area contributed by atoms with E-state index in [-0.39, 0.29) is 16.9 Å². The molecule has 0 saturated heterocycles. The number of fused-ring (bicyclic) bond motifs is 1. The van der Waals surface area contributed by atoms with Gasteiger partial charge in [-0.2, -0.15) is 0 Å². The first-order valence-corrected chi connectivity index (χ1v) is 9.02. The average molecular weight is 308 g/mol. The first-order valence-electron chi connectivity index (χ1n) is 7.30. The summed E-state index contributed by atoms with van der Waals surface area (Å²) in [5, 5.41) is -0.263. The Labute approximate surface area is 124 Å². The van der Waals surface area contributed by atoms with Gasteiger partial charge in [0.25, 0.3) is 0 Å². The van der Waals surface area contributed by atoms with Gasteiger partial charge in [-0.1, -0.05) is 19.8 Å². The number of aromatic nitrogens is 1. The molecule has 2 N–H and O–H groups in total. The molecule has 3 rings (SSSR count).